The van der Waals surface area contributed by atoms with Crippen LogP contribution in [0.15, 0.2) is 30.5 Å². The predicted molar refractivity (Wildman–Crippen MR) is 105 cm³/mol. The van der Waals surface area contributed by atoms with E-state index in [1.54, 1.807) is 35.0 Å². The van der Waals surface area contributed by atoms with Gasteiger partial charge in [0.25, 0.3) is 0 Å². The summed E-state index contributed by atoms with van der Waals surface area (Å²) in [6.07, 6.45) is 3.24. The Labute approximate surface area is 167 Å². The van der Waals surface area contributed by atoms with Gasteiger partial charge in [0.1, 0.15) is 11.6 Å². The summed E-state index contributed by atoms with van der Waals surface area (Å²) in [6, 6.07) is 7.21. The number of ketones is 1. The van der Waals surface area contributed by atoms with Gasteiger partial charge in [-0.1, -0.05) is 23.7 Å². The number of nitrogens with zero attached hydrogens (tertiary/aromatic N) is 4. The number of aromatic nitrogens is 4. The normalized spacial score (nSPS) is 15.3. The maximum Gasteiger partial charge on any atom is 0.318 e. The van der Waals surface area contributed by atoms with E-state index >= 15 is 0 Å². The molecule has 4 rings (SSSR count). The van der Waals surface area contributed by atoms with Crippen molar-refractivity contribution in [2.75, 3.05) is 13.2 Å². The molecule has 1 aliphatic heterocycles. The first kappa shape index (κ1) is 18.8. The Morgan fingerprint density at radius 2 is 2.00 bits per heavy atom. The van der Waals surface area contributed by atoms with Crippen molar-refractivity contribution in [2.24, 2.45) is 0 Å². The summed E-state index contributed by atoms with van der Waals surface area (Å²) < 4.78 is 13.1. The topological polar surface area (TPSA) is 79.1 Å². The van der Waals surface area contributed by atoms with Crippen LogP contribution < -0.4 is 4.74 Å². The first-order valence-corrected chi connectivity index (χ1v) is 9.71. The lowest BCUT2D eigenvalue weighted by Crippen LogP contribution is -2.26. The Balaban J connectivity index is 1.74. The summed E-state index contributed by atoms with van der Waals surface area (Å²) in [4.78, 5) is 26.4. The van der Waals surface area contributed by atoms with Gasteiger partial charge in [-0.2, -0.15) is 4.98 Å². The van der Waals surface area contributed by atoms with E-state index in [4.69, 9.17) is 21.1 Å². The zero-order chi connectivity index (χ0) is 19.7. The molecule has 2 aromatic heterocycles. The van der Waals surface area contributed by atoms with Crippen molar-refractivity contribution in [1.82, 2.24) is 19.5 Å². The highest BCUT2D eigenvalue weighted by Gasteiger charge is 2.24. The molecule has 0 unspecified atom stereocenters. The monoisotopic (exact) mass is 400 g/mol. The zero-order valence-electron chi connectivity index (χ0n) is 15.8. The number of carbonyl (C=O) groups excluding carboxylic acids is 1. The molecule has 1 aliphatic rings. The first-order chi connectivity index (χ1) is 13.5. The Morgan fingerprint density at radius 1 is 1.25 bits per heavy atom. The molecule has 0 atom stereocenters. The van der Waals surface area contributed by atoms with Crippen LogP contribution in [0, 0.1) is 0 Å². The van der Waals surface area contributed by atoms with Crippen molar-refractivity contribution in [1.29, 1.82) is 0 Å². The summed E-state index contributed by atoms with van der Waals surface area (Å²) >= 11 is 6.22. The molecule has 1 saturated heterocycles. The molecule has 0 bridgehead atoms. The lowest BCUT2D eigenvalue weighted by molar-refractivity contribution is 0.0218. The summed E-state index contributed by atoms with van der Waals surface area (Å²) in [6.45, 7) is 5.30. The van der Waals surface area contributed by atoms with Crippen LogP contribution in [0.1, 0.15) is 48.9 Å². The lowest BCUT2D eigenvalue weighted by atomic mass is 10.1. The lowest BCUT2D eigenvalue weighted by Gasteiger charge is -2.22. The Morgan fingerprint density at radius 3 is 2.71 bits per heavy atom. The highest BCUT2D eigenvalue weighted by atomic mass is 35.5. The van der Waals surface area contributed by atoms with Crippen molar-refractivity contribution in [3.8, 4) is 6.01 Å². The fourth-order valence-electron chi connectivity index (χ4n) is 3.29. The molecule has 0 saturated carbocycles. The summed E-state index contributed by atoms with van der Waals surface area (Å²) in [5.41, 5.74) is 1.53. The van der Waals surface area contributed by atoms with Gasteiger partial charge in [-0.15, -0.1) is 0 Å². The van der Waals surface area contributed by atoms with Gasteiger partial charge in [0, 0.05) is 24.4 Å². The van der Waals surface area contributed by atoms with Crippen LogP contribution in [-0.2, 0) is 4.74 Å². The van der Waals surface area contributed by atoms with Crippen molar-refractivity contribution in [3.63, 3.8) is 0 Å². The third-order valence-corrected chi connectivity index (χ3v) is 5.02. The molecule has 3 aromatic rings. The molecule has 0 radical (unpaired) electrons. The average molecular weight is 401 g/mol. The number of imidazole rings is 1. The molecule has 146 valence electrons. The van der Waals surface area contributed by atoms with Crippen LogP contribution in [0.4, 0.5) is 0 Å². The molecular weight excluding hydrogens is 380 g/mol. The number of rotatable bonds is 5. The van der Waals surface area contributed by atoms with Crippen LogP contribution in [0.2, 0.25) is 5.02 Å². The zero-order valence-corrected chi connectivity index (χ0v) is 16.5. The highest BCUT2D eigenvalue weighted by Crippen LogP contribution is 2.25. The van der Waals surface area contributed by atoms with Crippen LogP contribution in [-0.4, -0.2) is 44.6 Å². The van der Waals surface area contributed by atoms with Crippen molar-refractivity contribution >= 4 is 28.5 Å². The molecule has 1 fully saturated rings. The average Bonchev–Trinajstić information content (AvgIpc) is 3.08. The van der Waals surface area contributed by atoms with E-state index in [0.29, 0.717) is 35.0 Å². The standard InChI is InChI=1S/C20H21ClN4O3/c1-12(2)25-18-16(11-22-20(24-18)28-13-7-9-27-10-8-13)23-19(25)17(26)14-5-3-4-6-15(14)21/h3-6,11-13H,7-10H2,1-2H3. The highest BCUT2D eigenvalue weighted by molar-refractivity contribution is 6.34. The number of halogens is 1. The number of hydrogen-bond acceptors (Lipinski definition) is 6. The maximum absolute atomic E-state index is 13.1. The maximum atomic E-state index is 13.1. The Bertz CT molecular complexity index is 1010. The van der Waals surface area contributed by atoms with Gasteiger partial charge >= 0.3 is 6.01 Å². The number of ether oxygens (including phenoxy) is 2. The van der Waals surface area contributed by atoms with E-state index in [1.807, 2.05) is 13.8 Å². The predicted octanol–water partition coefficient (Wildman–Crippen LogP) is 3.85. The van der Waals surface area contributed by atoms with Crippen LogP contribution in [0.3, 0.4) is 0 Å². The van der Waals surface area contributed by atoms with Gasteiger partial charge in [-0.05, 0) is 26.0 Å². The second-order valence-electron chi connectivity index (χ2n) is 7.00. The summed E-state index contributed by atoms with van der Waals surface area (Å²) in [5, 5.41) is 0.393. The van der Waals surface area contributed by atoms with Crippen molar-refractivity contribution < 1.29 is 14.3 Å². The molecule has 0 amide bonds. The SMILES string of the molecule is CC(C)n1c(C(=O)c2ccccc2Cl)nc2cnc(OC3CCOCC3)nc21. The van der Waals surface area contributed by atoms with Gasteiger partial charge in [-0.25, -0.2) is 9.97 Å². The van der Waals surface area contributed by atoms with Gasteiger partial charge < -0.3 is 14.0 Å². The molecular formula is C20H21ClN4O3. The van der Waals surface area contributed by atoms with E-state index in [1.165, 1.54) is 0 Å². The smallest absolute Gasteiger partial charge is 0.318 e. The largest absolute Gasteiger partial charge is 0.460 e. The molecule has 0 aliphatic carbocycles. The van der Waals surface area contributed by atoms with Gasteiger partial charge in [0.05, 0.1) is 24.4 Å². The summed E-state index contributed by atoms with van der Waals surface area (Å²) in [7, 11) is 0. The second-order valence-corrected chi connectivity index (χ2v) is 7.41. The minimum atomic E-state index is -0.246. The molecule has 8 heteroatoms. The number of carbonyl (C=O) groups is 1. The minimum Gasteiger partial charge on any atom is -0.460 e. The van der Waals surface area contributed by atoms with E-state index in [2.05, 4.69) is 15.0 Å². The van der Waals surface area contributed by atoms with Crippen LogP contribution in [0.25, 0.3) is 11.2 Å². The molecule has 3 heterocycles. The van der Waals surface area contributed by atoms with Crippen molar-refractivity contribution in [2.45, 2.75) is 38.8 Å². The molecule has 28 heavy (non-hydrogen) atoms. The Kier molecular flexibility index (Phi) is 5.28. The molecule has 0 spiro atoms. The quantitative estimate of drug-likeness (QED) is 0.605. The van der Waals surface area contributed by atoms with E-state index in [0.717, 1.165) is 12.8 Å². The Hall–Kier alpha value is -2.51. The first-order valence-electron chi connectivity index (χ1n) is 9.33. The van der Waals surface area contributed by atoms with Crippen LogP contribution >= 0.6 is 11.6 Å². The van der Waals surface area contributed by atoms with Crippen LogP contribution in [0.5, 0.6) is 6.01 Å². The molecule has 1 aromatic carbocycles. The number of fused-ring (bicyclic) bond motifs is 1. The van der Waals surface area contributed by atoms with E-state index in [-0.39, 0.29) is 29.8 Å². The number of benzene rings is 1. The van der Waals surface area contributed by atoms with Gasteiger partial charge in [-0.3, -0.25) is 4.79 Å². The minimum absolute atomic E-state index is 0.0303. The van der Waals surface area contributed by atoms with Gasteiger partial charge in [0.2, 0.25) is 5.78 Å². The molecule has 7 nitrogen and oxygen atoms in total. The molecule has 0 N–H and O–H groups in total. The fourth-order valence-corrected chi connectivity index (χ4v) is 3.51. The van der Waals surface area contributed by atoms with E-state index < -0.39 is 0 Å². The fraction of sp³-hybridized carbons (Fsp3) is 0.400. The third-order valence-electron chi connectivity index (χ3n) is 4.69. The second kappa shape index (κ2) is 7.85. The number of hydrogen-bond donors (Lipinski definition) is 0. The van der Waals surface area contributed by atoms with E-state index in [9.17, 15) is 4.79 Å². The third kappa shape index (κ3) is 3.59. The van der Waals surface area contributed by atoms with Crippen molar-refractivity contribution in [3.05, 3.63) is 46.9 Å². The summed E-state index contributed by atoms with van der Waals surface area (Å²) in [5.74, 6) is 0.0415. The van der Waals surface area contributed by atoms with Gasteiger partial charge in [0.15, 0.2) is 11.5 Å².